The molecule has 0 aliphatic rings. The van der Waals surface area contributed by atoms with Gasteiger partial charge in [-0.05, 0) is 47.1 Å². The summed E-state index contributed by atoms with van der Waals surface area (Å²) in [6, 6.07) is 0. The molecule has 0 saturated heterocycles. The summed E-state index contributed by atoms with van der Waals surface area (Å²) < 4.78 is 5.45. The summed E-state index contributed by atoms with van der Waals surface area (Å²) in [7, 11) is 0. The number of hydrogen-bond acceptors (Lipinski definition) is 2. The molecule has 0 bridgehead atoms. The third kappa shape index (κ3) is 11.7. The van der Waals surface area contributed by atoms with Crippen molar-refractivity contribution in [2.24, 2.45) is 0 Å². The van der Waals surface area contributed by atoms with Crippen LogP contribution in [0.15, 0.2) is 11.6 Å². The number of rotatable bonds is 8. The van der Waals surface area contributed by atoms with Crippen LogP contribution in [0.4, 0.5) is 0 Å². The van der Waals surface area contributed by atoms with E-state index >= 15 is 0 Å². The van der Waals surface area contributed by atoms with Crippen LogP contribution >= 0.6 is 0 Å². The molecule has 0 aliphatic heterocycles. The molecule has 0 radical (unpaired) electrons. The summed E-state index contributed by atoms with van der Waals surface area (Å²) in [5, 5.41) is 3.37. The average molecular weight is 199 g/mol. The standard InChI is InChI=1S/C12H25NO/c1-11(2)7-9-13-8-5-6-10-14-12(3)4/h7,12-13H,5-6,8-10H2,1-4H3. The molecule has 0 aromatic rings. The van der Waals surface area contributed by atoms with Gasteiger partial charge in [0.1, 0.15) is 0 Å². The Morgan fingerprint density at radius 1 is 1.29 bits per heavy atom. The highest BCUT2D eigenvalue weighted by Gasteiger charge is 1.92. The van der Waals surface area contributed by atoms with Crippen molar-refractivity contribution in [1.29, 1.82) is 0 Å². The first-order valence-corrected chi connectivity index (χ1v) is 5.58. The molecular weight excluding hydrogens is 174 g/mol. The first-order chi connectivity index (χ1) is 6.63. The summed E-state index contributed by atoms with van der Waals surface area (Å²) in [5.41, 5.74) is 1.38. The molecule has 0 heterocycles. The molecule has 0 aromatic carbocycles. The van der Waals surface area contributed by atoms with Crippen molar-refractivity contribution in [3.63, 3.8) is 0 Å². The molecule has 0 unspecified atom stereocenters. The summed E-state index contributed by atoms with van der Waals surface area (Å²) >= 11 is 0. The Morgan fingerprint density at radius 2 is 2.00 bits per heavy atom. The van der Waals surface area contributed by atoms with Crippen LogP contribution in [0.25, 0.3) is 0 Å². The fourth-order valence-electron chi connectivity index (χ4n) is 1.05. The maximum absolute atomic E-state index is 5.45. The Balaban J connectivity index is 3.03. The van der Waals surface area contributed by atoms with Crippen molar-refractivity contribution in [3.8, 4) is 0 Å². The molecule has 0 aliphatic carbocycles. The van der Waals surface area contributed by atoms with E-state index in [-0.39, 0.29) is 0 Å². The first kappa shape index (κ1) is 13.7. The predicted octanol–water partition coefficient (Wildman–Crippen LogP) is 2.75. The van der Waals surface area contributed by atoms with Gasteiger partial charge in [0.2, 0.25) is 0 Å². The van der Waals surface area contributed by atoms with Crippen LogP contribution < -0.4 is 5.32 Å². The normalized spacial score (nSPS) is 10.6. The van der Waals surface area contributed by atoms with Crippen LogP contribution in [-0.2, 0) is 4.74 Å². The van der Waals surface area contributed by atoms with Crippen LogP contribution in [0, 0.1) is 0 Å². The number of ether oxygens (including phenoxy) is 1. The van der Waals surface area contributed by atoms with Gasteiger partial charge in [-0.3, -0.25) is 0 Å². The van der Waals surface area contributed by atoms with Gasteiger partial charge in [-0.1, -0.05) is 11.6 Å². The van der Waals surface area contributed by atoms with E-state index in [1.807, 2.05) is 0 Å². The molecular formula is C12H25NO. The van der Waals surface area contributed by atoms with Crippen LogP contribution in [-0.4, -0.2) is 25.8 Å². The number of nitrogens with one attached hydrogen (secondary N) is 1. The topological polar surface area (TPSA) is 21.3 Å². The second-order valence-corrected chi connectivity index (χ2v) is 4.11. The summed E-state index contributed by atoms with van der Waals surface area (Å²) in [6.07, 6.45) is 4.93. The van der Waals surface area contributed by atoms with Crippen molar-refractivity contribution < 1.29 is 4.74 Å². The molecule has 0 spiro atoms. The van der Waals surface area contributed by atoms with E-state index in [4.69, 9.17) is 4.74 Å². The third-order valence-electron chi connectivity index (χ3n) is 1.85. The highest BCUT2D eigenvalue weighted by Crippen LogP contribution is 1.93. The highest BCUT2D eigenvalue weighted by atomic mass is 16.5. The zero-order chi connectivity index (χ0) is 10.8. The van der Waals surface area contributed by atoms with Gasteiger partial charge in [-0.15, -0.1) is 0 Å². The first-order valence-electron chi connectivity index (χ1n) is 5.58. The maximum atomic E-state index is 5.45. The summed E-state index contributed by atoms with van der Waals surface area (Å²) in [4.78, 5) is 0. The zero-order valence-corrected chi connectivity index (χ0v) is 10.1. The van der Waals surface area contributed by atoms with Crippen molar-refractivity contribution in [3.05, 3.63) is 11.6 Å². The molecule has 2 heteroatoms. The smallest absolute Gasteiger partial charge is 0.0518 e. The van der Waals surface area contributed by atoms with Crippen LogP contribution in [0.1, 0.15) is 40.5 Å². The molecule has 0 atom stereocenters. The fraction of sp³-hybridized carbons (Fsp3) is 0.833. The SMILES string of the molecule is CC(C)=CCNCCCCOC(C)C. The summed E-state index contributed by atoms with van der Waals surface area (Å²) in [6.45, 7) is 11.4. The molecule has 0 rings (SSSR count). The Bertz CT molecular complexity index is 148. The molecule has 14 heavy (non-hydrogen) atoms. The van der Waals surface area contributed by atoms with E-state index < -0.39 is 0 Å². The van der Waals surface area contributed by atoms with Crippen LogP contribution in [0.3, 0.4) is 0 Å². The van der Waals surface area contributed by atoms with Crippen molar-refractivity contribution in [2.45, 2.75) is 46.6 Å². The van der Waals surface area contributed by atoms with Crippen molar-refractivity contribution >= 4 is 0 Å². The zero-order valence-electron chi connectivity index (χ0n) is 10.1. The summed E-state index contributed by atoms with van der Waals surface area (Å²) in [5.74, 6) is 0. The van der Waals surface area contributed by atoms with E-state index in [0.29, 0.717) is 6.10 Å². The van der Waals surface area contributed by atoms with Crippen LogP contribution in [0.2, 0.25) is 0 Å². The van der Waals surface area contributed by atoms with Gasteiger partial charge in [0.15, 0.2) is 0 Å². The van der Waals surface area contributed by atoms with E-state index in [9.17, 15) is 0 Å². The van der Waals surface area contributed by atoms with Crippen molar-refractivity contribution in [1.82, 2.24) is 5.32 Å². The number of allylic oxidation sites excluding steroid dienone is 1. The van der Waals surface area contributed by atoms with Gasteiger partial charge in [0, 0.05) is 13.2 Å². The average Bonchev–Trinajstić information content (AvgIpc) is 2.08. The highest BCUT2D eigenvalue weighted by molar-refractivity contribution is 4.94. The lowest BCUT2D eigenvalue weighted by Crippen LogP contribution is -2.16. The fourth-order valence-corrected chi connectivity index (χ4v) is 1.05. The predicted molar refractivity (Wildman–Crippen MR) is 62.6 cm³/mol. The van der Waals surface area contributed by atoms with E-state index in [2.05, 4.69) is 39.1 Å². The number of hydrogen-bond donors (Lipinski definition) is 1. The Hall–Kier alpha value is -0.340. The van der Waals surface area contributed by atoms with Gasteiger partial charge in [-0.2, -0.15) is 0 Å². The molecule has 0 saturated carbocycles. The minimum atomic E-state index is 0.369. The van der Waals surface area contributed by atoms with Crippen LogP contribution in [0.5, 0.6) is 0 Å². The molecule has 84 valence electrons. The number of unbranched alkanes of at least 4 members (excludes halogenated alkanes) is 1. The third-order valence-corrected chi connectivity index (χ3v) is 1.85. The Kier molecular flexibility index (Phi) is 9.00. The van der Waals surface area contributed by atoms with Gasteiger partial charge in [0.25, 0.3) is 0 Å². The Labute approximate surface area is 88.7 Å². The van der Waals surface area contributed by atoms with Crippen molar-refractivity contribution in [2.75, 3.05) is 19.7 Å². The van der Waals surface area contributed by atoms with E-state index in [1.54, 1.807) is 0 Å². The lowest BCUT2D eigenvalue weighted by atomic mass is 10.3. The lowest BCUT2D eigenvalue weighted by Gasteiger charge is -2.07. The minimum Gasteiger partial charge on any atom is -0.379 e. The molecule has 0 aromatic heterocycles. The van der Waals surface area contributed by atoms with Gasteiger partial charge >= 0.3 is 0 Å². The largest absolute Gasteiger partial charge is 0.379 e. The second-order valence-electron chi connectivity index (χ2n) is 4.11. The Morgan fingerprint density at radius 3 is 2.57 bits per heavy atom. The molecule has 0 amide bonds. The second kappa shape index (κ2) is 9.22. The lowest BCUT2D eigenvalue weighted by molar-refractivity contribution is 0.0761. The van der Waals surface area contributed by atoms with Gasteiger partial charge in [0.05, 0.1) is 6.10 Å². The van der Waals surface area contributed by atoms with E-state index in [1.165, 1.54) is 12.0 Å². The molecule has 0 fully saturated rings. The molecule has 1 N–H and O–H groups in total. The van der Waals surface area contributed by atoms with E-state index in [0.717, 1.165) is 26.1 Å². The minimum absolute atomic E-state index is 0.369. The quantitative estimate of drug-likeness (QED) is 0.479. The molecule has 2 nitrogen and oxygen atoms in total. The monoisotopic (exact) mass is 199 g/mol. The van der Waals surface area contributed by atoms with Gasteiger partial charge < -0.3 is 10.1 Å². The maximum Gasteiger partial charge on any atom is 0.0518 e. The van der Waals surface area contributed by atoms with Gasteiger partial charge in [-0.25, -0.2) is 0 Å².